The van der Waals surface area contributed by atoms with Gasteiger partial charge in [-0.15, -0.1) is 0 Å². The fraction of sp³-hybridized carbons (Fsp3) is 0.857. The summed E-state index contributed by atoms with van der Waals surface area (Å²) in [5, 5.41) is 10.1. The van der Waals surface area contributed by atoms with Crippen molar-refractivity contribution < 1.29 is 9.84 Å². The Hall–Kier alpha value is -0.540. The molecule has 0 radical (unpaired) electrons. The van der Waals surface area contributed by atoms with Gasteiger partial charge in [0.25, 0.3) is 0 Å². The number of hydrogen-bond acceptors (Lipinski definition) is 3. The van der Waals surface area contributed by atoms with E-state index in [2.05, 4.69) is 11.0 Å². The third-order valence-corrected chi connectivity index (χ3v) is 4.25. The summed E-state index contributed by atoms with van der Waals surface area (Å²) in [6.07, 6.45) is 10.8. The Morgan fingerprint density at radius 1 is 1.24 bits per heavy atom. The van der Waals surface area contributed by atoms with Crippen LogP contribution in [0.15, 0.2) is 12.3 Å². The normalized spacial score (nSPS) is 35.5. The van der Waals surface area contributed by atoms with Gasteiger partial charge in [-0.2, -0.15) is 0 Å². The number of nitrogens with zero attached hydrogens (tertiary/aromatic N) is 1. The SMILES string of the molecule is COC=CCC1C(O)CCC1N1CCCCC1. The van der Waals surface area contributed by atoms with Crippen LogP contribution in [-0.4, -0.2) is 42.4 Å². The van der Waals surface area contributed by atoms with Gasteiger partial charge in [-0.25, -0.2) is 0 Å². The Morgan fingerprint density at radius 2 is 2.00 bits per heavy atom. The van der Waals surface area contributed by atoms with Crippen molar-refractivity contribution in [2.75, 3.05) is 20.2 Å². The van der Waals surface area contributed by atoms with Crippen molar-refractivity contribution in [1.29, 1.82) is 0 Å². The molecule has 2 rings (SSSR count). The smallest absolute Gasteiger partial charge is 0.0784 e. The van der Waals surface area contributed by atoms with Crippen LogP contribution >= 0.6 is 0 Å². The van der Waals surface area contributed by atoms with Crippen LogP contribution in [0, 0.1) is 5.92 Å². The number of aliphatic hydroxyl groups is 1. The predicted molar refractivity (Wildman–Crippen MR) is 68.7 cm³/mol. The van der Waals surface area contributed by atoms with Crippen LogP contribution in [0.5, 0.6) is 0 Å². The standard InChI is InChI=1S/C14H25NO2/c1-17-11-5-6-12-13(7-8-14(12)16)15-9-3-2-4-10-15/h5,11-14,16H,2-4,6-10H2,1H3. The van der Waals surface area contributed by atoms with E-state index in [0.717, 1.165) is 19.3 Å². The second-order valence-corrected chi connectivity index (χ2v) is 5.32. The average molecular weight is 239 g/mol. The maximum Gasteiger partial charge on any atom is 0.0784 e. The summed E-state index contributed by atoms with van der Waals surface area (Å²) in [4.78, 5) is 2.60. The van der Waals surface area contributed by atoms with Gasteiger partial charge < -0.3 is 14.7 Å². The first-order chi connectivity index (χ1) is 8.33. The summed E-state index contributed by atoms with van der Waals surface area (Å²) in [5.74, 6) is 0.402. The van der Waals surface area contributed by atoms with Gasteiger partial charge in [0.05, 0.1) is 19.5 Å². The first kappa shape index (κ1) is 12.9. The topological polar surface area (TPSA) is 32.7 Å². The van der Waals surface area contributed by atoms with E-state index in [1.165, 1.54) is 32.4 Å². The van der Waals surface area contributed by atoms with Crippen molar-refractivity contribution in [2.24, 2.45) is 5.92 Å². The summed E-state index contributed by atoms with van der Waals surface area (Å²) in [7, 11) is 1.67. The maximum atomic E-state index is 10.1. The lowest BCUT2D eigenvalue weighted by Gasteiger charge is -2.36. The van der Waals surface area contributed by atoms with Gasteiger partial charge in [-0.05, 0) is 51.3 Å². The fourth-order valence-corrected chi connectivity index (χ4v) is 3.35. The van der Waals surface area contributed by atoms with Crippen LogP contribution in [0.1, 0.15) is 38.5 Å². The number of hydrogen-bond donors (Lipinski definition) is 1. The first-order valence-corrected chi connectivity index (χ1v) is 6.93. The van der Waals surface area contributed by atoms with Crippen molar-refractivity contribution in [3.05, 3.63) is 12.3 Å². The van der Waals surface area contributed by atoms with Gasteiger partial charge >= 0.3 is 0 Å². The molecule has 3 atom stereocenters. The minimum atomic E-state index is -0.122. The summed E-state index contributed by atoms with van der Waals surface area (Å²) in [6, 6.07) is 0.590. The van der Waals surface area contributed by atoms with E-state index in [4.69, 9.17) is 4.74 Å². The zero-order valence-corrected chi connectivity index (χ0v) is 10.8. The molecule has 2 aliphatic rings. The molecule has 0 spiro atoms. The molecule has 1 saturated carbocycles. The van der Waals surface area contributed by atoms with E-state index >= 15 is 0 Å². The van der Waals surface area contributed by atoms with Crippen molar-refractivity contribution >= 4 is 0 Å². The van der Waals surface area contributed by atoms with E-state index in [-0.39, 0.29) is 6.10 Å². The lowest BCUT2D eigenvalue weighted by Crippen LogP contribution is -2.42. The molecule has 1 aliphatic carbocycles. The van der Waals surface area contributed by atoms with Crippen LogP contribution in [0.2, 0.25) is 0 Å². The third kappa shape index (κ3) is 3.23. The van der Waals surface area contributed by atoms with Crippen molar-refractivity contribution in [3.63, 3.8) is 0 Å². The molecule has 17 heavy (non-hydrogen) atoms. The minimum absolute atomic E-state index is 0.122. The molecule has 2 fully saturated rings. The molecule has 0 aromatic heterocycles. The van der Waals surface area contributed by atoms with Crippen molar-refractivity contribution in [1.82, 2.24) is 4.90 Å². The molecule has 0 aromatic rings. The molecule has 3 nitrogen and oxygen atoms in total. The highest BCUT2D eigenvalue weighted by atomic mass is 16.5. The first-order valence-electron chi connectivity index (χ1n) is 6.93. The molecule has 0 aromatic carbocycles. The number of allylic oxidation sites excluding steroid dienone is 1. The van der Waals surface area contributed by atoms with Crippen LogP contribution < -0.4 is 0 Å². The zero-order valence-electron chi connectivity index (χ0n) is 10.8. The highest BCUT2D eigenvalue weighted by molar-refractivity contribution is 4.95. The molecule has 1 saturated heterocycles. The van der Waals surface area contributed by atoms with E-state index in [9.17, 15) is 5.11 Å². The molecule has 1 heterocycles. The Kier molecular flexibility index (Phi) is 4.86. The zero-order chi connectivity index (χ0) is 12.1. The summed E-state index contributed by atoms with van der Waals surface area (Å²) < 4.78 is 4.94. The Labute approximate surface area is 104 Å². The second-order valence-electron chi connectivity index (χ2n) is 5.32. The minimum Gasteiger partial charge on any atom is -0.505 e. The molecule has 0 bridgehead atoms. The molecule has 98 valence electrons. The Morgan fingerprint density at radius 3 is 2.71 bits per heavy atom. The number of methoxy groups -OCH3 is 1. The molecular weight excluding hydrogens is 214 g/mol. The highest BCUT2D eigenvalue weighted by Gasteiger charge is 2.37. The number of piperidine rings is 1. The fourth-order valence-electron chi connectivity index (χ4n) is 3.35. The van der Waals surface area contributed by atoms with E-state index in [1.807, 2.05) is 0 Å². The van der Waals surface area contributed by atoms with E-state index < -0.39 is 0 Å². The molecule has 3 unspecified atom stereocenters. The van der Waals surface area contributed by atoms with Gasteiger partial charge in [0.1, 0.15) is 0 Å². The van der Waals surface area contributed by atoms with Crippen LogP contribution in [-0.2, 0) is 4.74 Å². The average Bonchev–Trinajstić information content (AvgIpc) is 2.73. The molecule has 1 aliphatic heterocycles. The molecule has 3 heteroatoms. The molecular formula is C14H25NO2. The highest BCUT2D eigenvalue weighted by Crippen LogP contribution is 2.34. The monoisotopic (exact) mass is 239 g/mol. The third-order valence-electron chi connectivity index (χ3n) is 4.25. The van der Waals surface area contributed by atoms with E-state index in [0.29, 0.717) is 12.0 Å². The Balaban J connectivity index is 1.92. The van der Waals surface area contributed by atoms with Crippen molar-refractivity contribution in [3.8, 4) is 0 Å². The van der Waals surface area contributed by atoms with Crippen LogP contribution in [0.25, 0.3) is 0 Å². The number of aliphatic hydroxyl groups excluding tert-OH is 1. The second kappa shape index (κ2) is 6.41. The van der Waals surface area contributed by atoms with Gasteiger partial charge in [-0.3, -0.25) is 0 Å². The van der Waals surface area contributed by atoms with Crippen LogP contribution in [0.3, 0.4) is 0 Å². The number of ether oxygens (including phenoxy) is 1. The largest absolute Gasteiger partial charge is 0.505 e. The summed E-state index contributed by atoms with van der Waals surface area (Å²) >= 11 is 0. The maximum absolute atomic E-state index is 10.1. The van der Waals surface area contributed by atoms with Crippen molar-refractivity contribution in [2.45, 2.75) is 50.7 Å². The lowest BCUT2D eigenvalue weighted by atomic mass is 9.95. The van der Waals surface area contributed by atoms with Gasteiger partial charge in [0, 0.05) is 12.0 Å². The molecule has 1 N–H and O–H groups in total. The predicted octanol–water partition coefficient (Wildman–Crippen LogP) is 2.16. The quantitative estimate of drug-likeness (QED) is 0.763. The number of likely N-dealkylation sites (tertiary alicyclic amines) is 1. The van der Waals surface area contributed by atoms with Crippen LogP contribution in [0.4, 0.5) is 0 Å². The summed E-state index contributed by atoms with van der Waals surface area (Å²) in [5.41, 5.74) is 0. The Bertz CT molecular complexity index is 249. The number of rotatable bonds is 4. The lowest BCUT2D eigenvalue weighted by molar-refractivity contribution is 0.0764. The van der Waals surface area contributed by atoms with E-state index in [1.54, 1.807) is 13.4 Å². The van der Waals surface area contributed by atoms with Gasteiger partial charge in [0.2, 0.25) is 0 Å². The van der Waals surface area contributed by atoms with Gasteiger partial charge in [-0.1, -0.05) is 6.42 Å². The summed E-state index contributed by atoms with van der Waals surface area (Å²) in [6.45, 7) is 2.45. The molecule has 0 amide bonds. The van der Waals surface area contributed by atoms with Gasteiger partial charge in [0.15, 0.2) is 0 Å².